The van der Waals surface area contributed by atoms with E-state index in [0.29, 0.717) is 6.04 Å². The highest BCUT2D eigenvalue weighted by molar-refractivity contribution is 5.00. The molecular formula is C18H35N3O. The molecule has 3 rings (SSSR count). The van der Waals surface area contributed by atoms with Gasteiger partial charge in [-0.15, -0.1) is 0 Å². The molecule has 3 aliphatic heterocycles. The molecular weight excluding hydrogens is 274 g/mol. The lowest BCUT2D eigenvalue weighted by Crippen LogP contribution is -2.63. The molecule has 0 amide bonds. The van der Waals surface area contributed by atoms with E-state index in [-0.39, 0.29) is 0 Å². The van der Waals surface area contributed by atoms with E-state index in [1.807, 2.05) is 0 Å². The molecule has 1 N–H and O–H groups in total. The Kier molecular flexibility index (Phi) is 5.43. The minimum atomic E-state index is -0.459. The zero-order valence-electron chi connectivity index (χ0n) is 14.6. The average molecular weight is 309 g/mol. The van der Waals surface area contributed by atoms with Crippen LogP contribution in [0.15, 0.2) is 0 Å². The Bertz CT molecular complexity index is 352. The number of rotatable bonds is 4. The van der Waals surface area contributed by atoms with Gasteiger partial charge < -0.3 is 10.0 Å². The van der Waals surface area contributed by atoms with Crippen LogP contribution < -0.4 is 0 Å². The number of hydrogen-bond donors (Lipinski definition) is 1. The van der Waals surface area contributed by atoms with Crippen LogP contribution in [0.3, 0.4) is 0 Å². The Morgan fingerprint density at radius 3 is 2.36 bits per heavy atom. The molecule has 0 unspecified atom stereocenters. The fourth-order valence-corrected chi connectivity index (χ4v) is 4.84. The number of piperidine rings is 2. The van der Waals surface area contributed by atoms with Gasteiger partial charge in [0.1, 0.15) is 0 Å². The van der Waals surface area contributed by atoms with Crippen LogP contribution in [0, 0.1) is 5.92 Å². The quantitative estimate of drug-likeness (QED) is 0.855. The lowest BCUT2D eigenvalue weighted by molar-refractivity contribution is -0.112. The standard InChI is InChI=1S/C18H35N3O/c1-16(2)14-19-10-12-20(13-11-19)15-18(22)7-5-9-21-8-4-3-6-17(18)21/h16-17,22H,3-15H2,1-2H3/t17-,18-/m1/s1. The summed E-state index contributed by atoms with van der Waals surface area (Å²) in [6, 6.07) is 0.420. The van der Waals surface area contributed by atoms with Gasteiger partial charge in [0, 0.05) is 45.3 Å². The van der Waals surface area contributed by atoms with Gasteiger partial charge in [0.15, 0.2) is 0 Å². The zero-order valence-corrected chi connectivity index (χ0v) is 14.6. The minimum absolute atomic E-state index is 0.420. The van der Waals surface area contributed by atoms with Crippen molar-refractivity contribution in [3.8, 4) is 0 Å². The minimum Gasteiger partial charge on any atom is -0.387 e. The number of fused-ring (bicyclic) bond motifs is 1. The molecule has 0 spiro atoms. The molecule has 3 fully saturated rings. The second kappa shape index (κ2) is 7.16. The molecule has 3 heterocycles. The van der Waals surface area contributed by atoms with Crippen LogP contribution >= 0.6 is 0 Å². The first kappa shape index (κ1) is 16.7. The maximum absolute atomic E-state index is 11.3. The average Bonchev–Trinajstić information content (AvgIpc) is 2.49. The van der Waals surface area contributed by atoms with Crippen LogP contribution in [-0.2, 0) is 0 Å². The molecule has 0 radical (unpaired) electrons. The Morgan fingerprint density at radius 1 is 0.955 bits per heavy atom. The molecule has 4 nitrogen and oxygen atoms in total. The van der Waals surface area contributed by atoms with Crippen LogP contribution in [0.2, 0.25) is 0 Å². The van der Waals surface area contributed by atoms with E-state index < -0.39 is 5.60 Å². The third-order valence-corrected chi connectivity index (χ3v) is 5.87. The number of nitrogens with zero attached hydrogens (tertiary/aromatic N) is 3. The predicted molar refractivity (Wildman–Crippen MR) is 91.1 cm³/mol. The third-order valence-electron chi connectivity index (χ3n) is 5.87. The van der Waals surface area contributed by atoms with Crippen molar-refractivity contribution in [2.24, 2.45) is 5.92 Å². The summed E-state index contributed by atoms with van der Waals surface area (Å²) in [5.41, 5.74) is -0.459. The number of piperazine rings is 1. The highest BCUT2D eigenvalue weighted by atomic mass is 16.3. The maximum Gasteiger partial charge on any atom is 0.0928 e. The van der Waals surface area contributed by atoms with E-state index in [1.165, 1.54) is 58.4 Å². The first-order valence-corrected chi connectivity index (χ1v) is 9.48. The Labute approximate surface area is 136 Å². The van der Waals surface area contributed by atoms with E-state index in [4.69, 9.17) is 0 Å². The first-order chi connectivity index (χ1) is 10.6. The van der Waals surface area contributed by atoms with E-state index in [1.54, 1.807) is 0 Å². The summed E-state index contributed by atoms with van der Waals surface area (Å²) in [5, 5.41) is 11.3. The van der Waals surface area contributed by atoms with Gasteiger partial charge >= 0.3 is 0 Å². The Morgan fingerprint density at radius 2 is 1.64 bits per heavy atom. The van der Waals surface area contributed by atoms with Crippen molar-refractivity contribution in [1.29, 1.82) is 0 Å². The normalized spacial score (nSPS) is 35.7. The largest absolute Gasteiger partial charge is 0.387 e. The third kappa shape index (κ3) is 3.84. The van der Waals surface area contributed by atoms with Crippen molar-refractivity contribution in [1.82, 2.24) is 14.7 Å². The van der Waals surface area contributed by atoms with Crippen LogP contribution in [0.25, 0.3) is 0 Å². The van der Waals surface area contributed by atoms with Crippen LogP contribution in [-0.4, -0.2) is 83.8 Å². The van der Waals surface area contributed by atoms with E-state index >= 15 is 0 Å². The summed E-state index contributed by atoms with van der Waals surface area (Å²) in [6.45, 7) is 13.7. The van der Waals surface area contributed by atoms with E-state index in [9.17, 15) is 5.11 Å². The number of aliphatic hydroxyl groups is 1. The van der Waals surface area contributed by atoms with Crippen molar-refractivity contribution >= 4 is 0 Å². The maximum atomic E-state index is 11.3. The van der Waals surface area contributed by atoms with Crippen molar-refractivity contribution in [3.05, 3.63) is 0 Å². The molecule has 4 heteroatoms. The van der Waals surface area contributed by atoms with Crippen LogP contribution in [0.1, 0.15) is 46.0 Å². The lowest BCUT2D eigenvalue weighted by atomic mass is 9.79. The summed E-state index contributed by atoms with van der Waals surface area (Å²) in [7, 11) is 0. The molecule has 0 aromatic carbocycles. The lowest BCUT2D eigenvalue weighted by Gasteiger charge is -2.51. The fourth-order valence-electron chi connectivity index (χ4n) is 4.84. The molecule has 0 aliphatic carbocycles. The van der Waals surface area contributed by atoms with E-state index in [0.717, 1.165) is 32.0 Å². The SMILES string of the molecule is CC(C)CN1CCN(C[C@]2(O)CCCN3CCCC[C@@H]32)CC1. The van der Waals surface area contributed by atoms with Gasteiger partial charge in [0.05, 0.1) is 5.60 Å². The molecule has 0 saturated carbocycles. The molecule has 0 aromatic heterocycles. The molecule has 0 aromatic rings. The highest BCUT2D eigenvalue weighted by Crippen LogP contribution is 2.34. The molecule has 2 atom stereocenters. The highest BCUT2D eigenvalue weighted by Gasteiger charge is 2.44. The molecule has 22 heavy (non-hydrogen) atoms. The Hall–Kier alpha value is -0.160. The summed E-state index contributed by atoms with van der Waals surface area (Å²) < 4.78 is 0. The number of β-amino-alcohol motifs (C(OH)–C–C–N with tert-alkyl or cyclic N) is 1. The fraction of sp³-hybridized carbons (Fsp3) is 1.00. The summed E-state index contributed by atoms with van der Waals surface area (Å²) in [4.78, 5) is 7.68. The predicted octanol–water partition coefficient (Wildman–Crippen LogP) is 1.64. The van der Waals surface area contributed by atoms with Gasteiger partial charge in [0.2, 0.25) is 0 Å². The summed E-state index contributed by atoms with van der Waals surface area (Å²) in [5.74, 6) is 0.755. The molecule has 0 bridgehead atoms. The van der Waals surface area contributed by atoms with Crippen molar-refractivity contribution < 1.29 is 5.11 Å². The molecule has 3 saturated heterocycles. The smallest absolute Gasteiger partial charge is 0.0928 e. The summed E-state index contributed by atoms with van der Waals surface area (Å²) >= 11 is 0. The number of hydrogen-bond acceptors (Lipinski definition) is 4. The topological polar surface area (TPSA) is 30.0 Å². The first-order valence-electron chi connectivity index (χ1n) is 9.48. The van der Waals surface area contributed by atoms with Crippen LogP contribution in [0.4, 0.5) is 0 Å². The van der Waals surface area contributed by atoms with E-state index in [2.05, 4.69) is 28.5 Å². The van der Waals surface area contributed by atoms with Gasteiger partial charge in [-0.2, -0.15) is 0 Å². The summed E-state index contributed by atoms with van der Waals surface area (Å²) in [6.07, 6.45) is 5.98. The zero-order chi connectivity index (χ0) is 15.6. The second-order valence-corrected chi connectivity index (χ2v) is 8.23. The van der Waals surface area contributed by atoms with Gasteiger partial charge in [0.25, 0.3) is 0 Å². The van der Waals surface area contributed by atoms with Gasteiger partial charge in [-0.05, 0) is 44.7 Å². The van der Waals surface area contributed by atoms with Gasteiger partial charge in [-0.25, -0.2) is 0 Å². The molecule has 128 valence electrons. The van der Waals surface area contributed by atoms with Crippen LogP contribution in [0.5, 0.6) is 0 Å². The van der Waals surface area contributed by atoms with Crippen molar-refractivity contribution in [2.45, 2.75) is 57.6 Å². The van der Waals surface area contributed by atoms with Gasteiger partial charge in [-0.3, -0.25) is 9.80 Å². The Balaban J connectivity index is 1.53. The monoisotopic (exact) mass is 309 g/mol. The second-order valence-electron chi connectivity index (χ2n) is 8.23. The molecule has 3 aliphatic rings. The van der Waals surface area contributed by atoms with Crippen molar-refractivity contribution in [2.75, 3.05) is 52.4 Å². The van der Waals surface area contributed by atoms with Gasteiger partial charge in [-0.1, -0.05) is 20.3 Å². The van der Waals surface area contributed by atoms with Crippen molar-refractivity contribution in [3.63, 3.8) is 0 Å².